The average Bonchev–Trinajstić information content (AvgIpc) is 2.87. The molecule has 1 aliphatic rings. The summed E-state index contributed by atoms with van der Waals surface area (Å²) in [4.78, 5) is 18.1. The summed E-state index contributed by atoms with van der Waals surface area (Å²) in [6, 6.07) is 1.35. The number of carbonyl (C=O) groups excluding carboxylic acids is 1. The SMILES string of the molecule is COc1ccncc1C(O)C1C[C@@H](C)CN1C(=O)OC(C)(C)C. The molecule has 0 spiro atoms. The predicted octanol–water partition coefficient (Wildman–Crippen LogP) is 2.77. The highest BCUT2D eigenvalue weighted by molar-refractivity contribution is 5.69. The third-order valence-electron chi connectivity index (χ3n) is 3.89. The van der Waals surface area contributed by atoms with Crippen LogP contribution in [-0.4, -0.2) is 46.4 Å². The highest BCUT2D eigenvalue weighted by Crippen LogP contribution is 2.36. The highest BCUT2D eigenvalue weighted by atomic mass is 16.6. The van der Waals surface area contributed by atoms with Gasteiger partial charge in [0.1, 0.15) is 17.5 Å². The molecule has 1 aliphatic heterocycles. The van der Waals surface area contributed by atoms with E-state index in [4.69, 9.17) is 9.47 Å². The third-order valence-corrected chi connectivity index (χ3v) is 3.89. The Morgan fingerprint density at radius 2 is 2.17 bits per heavy atom. The van der Waals surface area contributed by atoms with E-state index in [-0.39, 0.29) is 6.04 Å². The predicted molar refractivity (Wildman–Crippen MR) is 86.3 cm³/mol. The van der Waals surface area contributed by atoms with Crippen molar-refractivity contribution < 1.29 is 19.4 Å². The molecule has 1 amide bonds. The molecule has 1 saturated heterocycles. The van der Waals surface area contributed by atoms with Gasteiger partial charge in [0.15, 0.2) is 0 Å². The molecule has 3 atom stereocenters. The highest BCUT2D eigenvalue weighted by Gasteiger charge is 2.40. The number of nitrogens with zero attached hydrogens (tertiary/aromatic N) is 2. The molecule has 2 rings (SSSR count). The van der Waals surface area contributed by atoms with Crippen molar-refractivity contribution in [2.24, 2.45) is 5.92 Å². The third kappa shape index (κ3) is 4.13. The van der Waals surface area contributed by atoms with Gasteiger partial charge < -0.3 is 19.5 Å². The molecule has 0 aromatic carbocycles. The number of methoxy groups -OCH3 is 1. The van der Waals surface area contributed by atoms with Crippen molar-refractivity contribution in [2.75, 3.05) is 13.7 Å². The summed E-state index contributed by atoms with van der Waals surface area (Å²) in [5, 5.41) is 10.8. The van der Waals surface area contributed by atoms with E-state index in [1.165, 1.54) is 0 Å². The Balaban J connectivity index is 2.23. The summed E-state index contributed by atoms with van der Waals surface area (Å²) < 4.78 is 10.8. The van der Waals surface area contributed by atoms with Crippen LogP contribution in [0.1, 0.15) is 45.8 Å². The van der Waals surface area contributed by atoms with Gasteiger partial charge in [-0.25, -0.2) is 4.79 Å². The number of hydrogen-bond donors (Lipinski definition) is 1. The van der Waals surface area contributed by atoms with Gasteiger partial charge in [-0.2, -0.15) is 0 Å². The van der Waals surface area contributed by atoms with Gasteiger partial charge in [-0.15, -0.1) is 0 Å². The molecular weight excluding hydrogens is 296 g/mol. The minimum absolute atomic E-state index is 0.296. The van der Waals surface area contributed by atoms with Crippen LogP contribution in [0.15, 0.2) is 18.5 Å². The van der Waals surface area contributed by atoms with Crippen LogP contribution in [0.3, 0.4) is 0 Å². The number of ether oxygens (including phenoxy) is 2. The van der Waals surface area contributed by atoms with Crippen LogP contribution in [0, 0.1) is 5.92 Å². The number of aromatic nitrogens is 1. The maximum absolute atomic E-state index is 12.5. The Morgan fingerprint density at radius 3 is 2.78 bits per heavy atom. The number of rotatable bonds is 3. The quantitative estimate of drug-likeness (QED) is 0.926. The molecule has 128 valence electrons. The Labute approximate surface area is 137 Å². The van der Waals surface area contributed by atoms with Gasteiger partial charge >= 0.3 is 6.09 Å². The number of aliphatic hydroxyl groups excluding tert-OH is 1. The Morgan fingerprint density at radius 1 is 1.48 bits per heavy atom. The molecule has 0 bridgehead atoms. The van der Waals surface area contributed by atoms with Crippen molar-refractivity contribution in [3.05, 3.63) is 24.0 Å². The molecule has 2 heterocycles. The number of hydrogen-bond acceptors (Lipinski definition) is 5. The zero-order valence-corrected chi connectivity index (χ0v) is 14.4. The lowest BCUT2D eigenvalue weighted by molar-refractivity contribution is 0.00436. The minimum Gasteiger partial charge on any atom is -0.496 e. The van der Waals surface area contributed by atoms with Gasteiger partial charge in [-0.1, -0.05) is 6.92 Å². The first kappa shape index (κ1) is 17.5. The summed E-state index contributed by atoms with van der Waals surface area (Å²) in [5.41, 5.74) is 0.0207. The number of amides is 1. The first-order chi connectivity index (χ1) is 10.7. The molecular formula is C17H26N2O4. The van der Waals surface area contributed by atoms with Crippen molar-refractivity contribution in [1.29, 1.82) is 0 Å². The van der Waals surface area contributed by atoms with Gasteiger partial charge in [0.05, 0.1) is 13.2 Å². The average molecular weight is 322 g/mol. The first-order valence-electron chi connectivity index (χ1n) is 7.88. The molecule has 0 aliphatic carbocycles. The molecule has 6 nitrogen and oxygen atoms in total. The van der Waals surface area contributed by atoms with E-state index in [9.17, 15) is 9.90 Å². The topological polar surface area (TPSA) is 71.9 Å². The fraction of sp³-hybridized carbons (Fsp3) is 0.647. The maximum atomic E-state index is 12.5. The summed E-state index contributed by atoms with van der Waals surface area (Å²) >= 11 is 0. The Kier molecular flexibility index (Phi) is 5.14. The molecule has 23 heavy (non-hydrogen) atoms. The molecule has 6 heteroatoms. The summed E-state index contributed by atoms with van der Waals surface area (Å²) in [6.07, 6.45) is 2.64. The number of carbonyl (C=O) groups is 1. The monoisotopic (exact) mass is 322 g/mol. The summed E-state index contributed by atoms with van der Waals surface area (Å²) in [7, 11) is 1.55. The van der Waals surface area contributed by atoms with E-state index in [0.717, 1.165) is 0 Å². The zero-order chi connectivity index (χ0) is 17.2. The molecule has 0 saturated carbocycles. The van der Waals surface area contributed by atoms with Crippen molar-refractivity contribution in [3.8, 4) is 5.75 Å². The normalized spacial score (nSPS) is 22.8. The smallest absolute Gasteiger partial charge is 0.410 e. The molecule has 1 fully saturated rings. The summed E-state index contributed by atoms with van der Waals surface area (Å²) in [5.74, 6) is 0.862. The fourth-order valence-corrected chi connectivity index (χ4v) is 2.92. The lowest BCUT2D eigenvalue weighted by atomic mass is 9.98. The van der Waals surface area contributed by atoms with Gasteiger partial charge in [-0.05, 0) is 39.2 Å². The van der Waals surface area contributed by atoms with Crippen LogP contribution >= 0.6 is 0 Å². The number of aliphatic hydroxyl groups is 1. The fourth-order valence-electron chi connectivity index (χ4n) is 2.92. The maximum Gasteiger partial charge on any atom is 0.410 e. The molecule has 2 unspecified atom stereocenters. The van der Waals surface area contributed by atoms with E-state index in [1.54, 1.807) is 30.5 Å². The molecule has 1 aromatic rings. The van der Waals surface area contributed by atoms with E-state index < -0.39 is 17.8 Å². The van der Waals surface area contributed by atoms with Crippen LogP contribution in [0.5, 0.6) is 5.75 Å². The number of pyridine rings is 1. The molecule has 1 aromatic heterocycles. The minimum atomic E-state index is -0.865. The Bertz CT molecular complexity index is 556. The van der Waals surface area contributed by atoms with E-state index >= 15 is 0 Å². The largest absolute Gasteiger partial charge is 0.496 e. The molecule has 0 radical (unpaired) electrons. The second-order valence-electron chi connectivity index (χ2n) is 7.10. The van der Waals surface area contributed by atoms with Gasteiger partial charge in [-0.3, -0.25) is 4.98 Å². The second-order valence-corrected chi connectivity index (χ2v) is 7.10. The van der Waals surface area contributed by atoms with Crippen LogP contribution in [-0.2, 0) is 4.74 Å². The van der Waals surface area contributed by atoms with Crippen LogP contribution in [0.4, 0.5) is 4.79 Å². The van der Waals surface area contributed by atoms with Crippen molar-refractivity contribution >= 4 is 6.09 Å². The van der Waals surface area contributed by atoms with Crippen LogP contribution in [0.2, 0.25) is 0 Å². The lowest BCUT2D eigenvalue weighted by Gasteiger charge is -2.31. The van der Waals surface area contributed by atoms with E-state index in [0.29, 0.717) is 30.2 Å². The van der Waals surface area contributed by atoms with Gasteiger partial charge in [0.25, 0.3) is 0 Å². The lowest BCUT2D eigenvalue weighted by Crippen LogP contribution is -2.42. The van der Waals surface area contributed by atoms with Gasteiger partial charge in [0.2, 0.25) is 0 Å². The van der Waals surface area contributed by atoms with Crippen LogP contribution in [0.25, 0.3) is 0 Å². The molecule has 1 N–H and O–H groups in total. The van der Waals surface area contributed by atoms with Crippen molar-refractivity contribution in [1.82, 2.24) is 9.88 Å². The standard InChI is InChI=1S/C17H26N2O4/c1-11-8-13(19(10-11)16(21)23-17(2,3)4)15(20)12-9-18-7-6-14(12)22-5/h6-7,9,11,13,15,20H,8,10H2,1-5H3/t11-,13?,15?/m1/s1. The number of likely N-dealkylation sites (tertiary alicyclic amines) is 1. The van der Waals surface area contributed by atoms with Crippen LogP contribution < -0.4 is 4.74 Å². The summed E-state index contributed by atoms with van der Waals surface area (Å²) in [6.45, 7) is 8.13. The zero-order valence-electron chi connectivity index (χ0n) is 14.4. The van der Waals surface area contributed by atoms with E-state index in [2.05, 4.69) is 11.9 Å². The first-order valence-corrected chi connectivity index (χ1v) is 7.88. The second kappa shape index (κ2) is 6.74. The van der Waals surface area contributed by atoms with Gasteiger partial charge in [0, 0.05) is 24.5 Å². The van der Waals surface area contributed by atoms with Crippen molar-refractivity contribution in [2.45, 2.75) is 51.9 Å². The van der Waals surface area contributed by atoms with E-state index in [1.807, 2.05) is 20.8 Å². The van der Waals surface area contributed by atoms with Crippen molar-refractivity contribution in [3.63, 3.8) is 0 Å². The Hall–Kier alpha value is -1.82.